The van der Waals surface area contributed by atoms with E-state index in [0.29, 0.717) is 0 Å². The van der Waals surface area contributed by atoms with Crippen LogP contribution in [0, 0.1) is 0 Å². The number of hydrogen-bond donors (Lipinski definition) is 0. The molecular weight excluding hydrogens is 561 g/mol. The molecule has 14 heteroatoms. The molecule has 0 heterocycles. The second-order valence-electron chi connectivity index (χ2n) is 4.04. The predicted octanol–water partition coefficient (Wildman–Crippen LogP) is 7.41. The molecule has 0 bridgehead atoms. The van der Waals surface area contributed by atoms with Crippen molar-refractivity contribution in [2.24, 2.45) is 0 Å². The maximum Gasteiger partial charge on any atom is 0.247 e. The molecule has 21 heavy (non-hydrogen) atoms. The first-order valence-electron chi connectivity index (χ1n) is 4.41. The standard InChI is InChI=1S/C7Cl13O/c8-1(9)2(10,11)4(14,15)6(18,19)7(20,21)5(16,17)3(1,12)13. The summed E-state index contributed by atoms with van der Waals surface area (Å²) in [5, 5.41) is 9.37. The van der Waals surface area contributed by atoms with Gasteiger partial charge in [-0.2, -0.15) is 0 Å². The lowest BCUT2D eigenvalue weighted by atomic mass is 10.1. The van der Waals surface area contributed by atoms with Gasteiger partial charge < -0.3 is 0 Å². The van der Waals surface area contributed by atoms with Gasteiger partial charge in [-0.3, -0.25) is 0 Å². The van der Waals surface area contributed by atoms with Crippen LogP contribution >= 0.6 is 151 Å². The maximum absolute atomic E-state index is 12.7. The minimum atomic E-state index is -3.35. The second kappa shape index (κ2) is 5.86. The average molecular weight is 561 g/mol. The quantitative estimate of drug-likeness (QED) is 0.217. The molecule has 1 nitrogen and oxygen atoms in total. The van der Waals surface area contributed by atoms with E-state index in [1.165, 1.54) is 0 Å². The van der Waals surface area contributed by atoms with Gasteiger partial charge in [0.25, 0.3) is 0 Å². The van der Waals surface area contributed by atoms with Crippen LogP contribution in [0.4, 0.5) is 0 Å². The van der Waals surface area contributed by atoms with Crippen LogP contribution in [0.5, 0.6) is 0 Å². The third-order valence-corrected chi connectivity index (χ3v) is 12.4. The number of hydrogen-bond acceptors (Lipinski definition) is 0. The molecule has 0 aliphatic heterocycles. The van der Waals surface area contributed by atoms with Crippen LogP contribution in [0.3, 0.4) is 0 Å². The Morgan fingerprint density at radius 1 is 0.333 bits per heavy atom. The molecule has 0 aromatic carbocycles. The van der Waals surface area contributed by atoms with Gasteiger partial charge in [0.2, 0.25) is 13.7 Å². The van der Waals surface area contributed by atoms with Crippen molar-refractivity contribution in [3.8, 4) is 0 Å². The normalized spacial score (nSPS) is 34.0. The molecule has 0 N–H and O–H groups in total. The molecule has 0 aromatic heterocycles. The Morgan fingerprint density at radius 3 is 0.667 bits per heavy atom. The fourth-order valence-electron chi connectivity index (χ4n) is 1.39. The van der Waals surface area contributed by atoms with Crippen LogP contribution < -0.4 is 0 Å². The fourth-order valence-corrected chi connectivity index (χ4v) is 6.20. The highest BCUT2D eigenvalue weighted by molar-refractivity contribution is 6.80. The van der Waals surface area contributed by atoms with Gasteiger partial charge in [-0.25, -0.2) is 5.11 Å². The molecule has 1 radical (unpaired) electrons. The first kappa shape index (κ1) is 22.8. The van der Waals surface area contributed by atoms with Crippen molar-refractivity contribution in [3.05, 3.63) is 0 Å². The Labute approximate surface area is 185 Å². The van der Waals surface area contributed by atoms with Gasteiger partial charge in [0.15, 0.2) is 17.3 Å². The Kier molecular flexibility index (Phi) is 6.36. The van der Waals surface area contributed by atoms with Gasteiger partial charge in [0.05, 0.1) is 0 Å². The van der Waals surface area contributed by atoms with Crippen molar-refractivity contribution < 1.29 is 5.11 Å². The number of halogens is 13. The van der Waals surface area contributed by atoms with E-state index in [1.807, 2.05) is 0 Å². The number of rotatable bonds is 0. The number of alkyl halides is 13. The van der Waals surface area contributed by atoms with E-state index in [1.54, 1.807) is 0 Å². The molecular formula is C7Cl13O. The van der Waals surface area contributed by atoms with E-state index in [2.05, 4.69) is 0 Å². The van der Waals surface area contributed by atoms with Gasteiger partial charge in [-0.05, 0) is 0 Å². The van der Waals surface area contributed by atoms with Crippen LogP contribution in [0.25, 0.3) is 0 Å². The molecule has 0 unspecified atom stereocenters. The second-order valence-corrected chi connectivity index (χ2v) is 12.5. The van der Waals surface area contributed by atoms with E-state index in [9.17, 15) is 5.11 Å². The monoisotopic (exact) mass is 555 g/mol. The van der Waals surface area contributed by atoms with Gasteiger partial charge in [0, 0.05) is 0 Å². The van der Waals surface area contributed by atoms with Gasteiger partial charge >= 0.3 is 0 Å². The Morgan fingerprint density at radius 2 is 0.476 bits per heavy atom. The highest BCUT2D eigenvalue weighted by Crippen LogP contribution is 2.76. The van der Waals surface area contributed by atoms with E-state index >= 15 is 0 Å². The van der Waals surface area contributed by atoms with Crippen molar-refractivity contribution in [2.45, 2.75) is 31.1 Å². The molecule has 0 spiro atoms. The first-order chi connectivity index (χ1) is 8.75. The predicted molar refractivity (Wildman–Crippen MR) is 95.9 cm³/mol. The Bertz CT molecular complexity index is 304. The van der Waals surface area contributed by atoms with Gasteiger partial charge in [-0.1, -0.05) is 151 Å². The summed E-state index contributed by atoms with van der Waals surface area (Å²) in [5.74, 6) is 0. The largest absolute Gasteiger partial charge is 0.247 e. The van der Waals surface area contributed by atoms with Crippen molar-refractivity contribution >= 4 is 151 Å². The summed E-state index contributed by atoms with van der Waals surface area (Å²) in [5.41, 5.74) is 0. The zero-order valence-electron chi connectivity index (χ0n) is 8.82. The van der Waals surface area contributed by atoms with Gasteiger partial charge in [0.1, 0.15) is 0 Å². The summed E-state index contributed by atoms with van der Waals surface area (Å²) < 4.78 is -17.0. The van der Waals surface area contributed by atoms with Crippen molar-refractivity contribution in [3.63, 3.8) is 0 Å². The van der Waals surface area contributed by atoms with Crippen molar-refractivity contribution in [2.75, 3.05) is 0 Å². The molecule has 125 valence electrons. The molecule has 1 aliphatic carbocycles. The molecule has 0 saturated heterocycles. The smallest absolute Gasteiger partial charge is 0.205 e. The summed E-state index contributed by atoms with van der Waals surface area (Å²) in [4.78, 5) is 0. The highest BCUT2D eigenvalue weighted by Gasteiger charge is 2.89. The van der Waals surface area contributed by atoms with Crippen LogP contribution in [0.2, 0.25) is 0 Å². The Balaban J connectivity index is 3.97. The topological polar surface area (TPSA) is 19.9 Å². The third kappa shape index (κ3) is 2.52. The van der Waals surface area contributed by atoms with Crippen molar-refractivity contribution in [1.29, 1.82) is 0 Å². The molecule has 1 saturated carbocycles. The van der Waals surface area contributed by atoms with Crippen LogP contribution in [0.1, 0.15) is 0 Å². The van der Waals surface area contributed by atoms with E-state index < -0.39 is 31.1 Å². The molecule has 0 aromatic rings. The molecule has 0 atom stereocenters. The molecule has 1 fully saturated rings. The van der Waals surface area contributed by atoms with Gasteiger partial charge in [-0.15, -0.1) is 0 Å². The van der Waals surface area contributed by atoms with Crippen LogP contribution in [-0.4, -0.2) is 31.1 Å². The minimum absolute atomic E-state index is 2.74. The van der Waals surface area contributed by atoms with E-state index in [4.69, 9.17) is 151 Å². The maximum atomic E-state index is 12.7. The zero-order chi connectivity index (χ0) is 17.5. The lowest BCUT2D eigenvalue weighted by Crippen LogP contribution is -2.64. The lowest BCUT2D eigenvalue weighted by molar-refractivity contribution is 0.0155. The zero-order valence-corrected chi connectivity index (χ0v) is 18.6. The molecule has 1 rings (SSSR count). The highest BCUT2D eigenvalue weighted by atomic mass is 35.6. The van der Waals surface area contributed by atoms with Crippen LogP contribution in [0.15, 0.2) is 0 Å². The van der Waals surface area contributed by atoms with E-state index in [-0.39, 0.29) is 0 Å². The minimum Gasteiger partial charge on any atom is -0.205 e. The van der Waals surface area contributed by atoms with Crippen LogP contribution in [-0.2, 0) is 5.11 Å². The van der Waals surface area contributed by atoms with E-state index in [0.717, 1.165) is 0 Å². The molecule has 1 aliphatic rings. The lowest BCUT2D eigenvalue weighted by Gasteiger charge is -2.46. The average Bonchev–Trinajstić information content (AvgIpc) is 2.26. The molecule has 0 amide bonds. The van der Waals surface area contributed by atoms with Crippen molar-refractivity contribution in [1.82, 2.24) is 0 Å². The summed E-state index contributed by atoms with van der Waals surface area (Å²) in [6, 6.07) is 0. The fraction of sp³-hybridized carbons (Fsp3) is 1.00. The summed E-state index contributed by atoms with van der Waals surface area (Å²) in [7, 11) is 0. The summed E-state index contributed by atoms with van der Waals surface area (Å²) in [6.45, 7) is 0. The summed E-state index contributed by atoms with van der Waals surface area (Å²) >= 11 is 76.8. The SMILES string of the molecule is [O]C1(Cl)C(Cl)(Cl)C(Cl)(Cl)C(Cl)(Cl)C(Cl)(Cl)C(Cl)(Cl)C1(Cl)Cl. The summed E-state index contributed by atoms with van der Waals surface area (Å²) in [6.07, 6.45) is 0. The Hall–Kier alpha value is 3.73. The first-order valence-corrected chi connectivity index (χ1v) is 9.32. The third-order valence-electron chi connectivity index (χ3n) is 2.78.